The second-order valence-electron chi connectivity index (χ2n) is 3.86. The van der Waals surface area contributed by atoms with Crippen LogP contribution in [0.3, 0.4) is 0 Å². The maximum Gasteiger partial charge on any atom is 0.304 e. The number of ether oxygens (including phenoxy) is 1. The van der Waals surface area contributed by atoms with E-state index in [0.29, 0.717) is 5.75 Å². The zero-order valence-corrected chi connectivity index (χ0v) is 11.1. The van der Waals surface area contributed by atoms with Gasteiger partial charge in [-0.25, -0.2) is 0 Å². The Morgan fingerprint density at radius 3 is 2.88 bits per heavy atom. The van der Waals surface area contributed by atoms with Crippen molar-refractivity contribution in [1.29, 1.82) is 0 Å². The molecule has 0 bridgehead atoms. The summed E-state index contributed by atoms with van der Waals surface area (Å²) in [5.41, 5.74) is 1.83. The van der Waals surface area contributed by atoms with Crippen molar-refractivity contribution in [2.24, 2.45) is 0 Å². The van der Waals surface area contributed by atoms with Crippen LogP contribution in [0.15, 0.2) is 12.1 Å². The summed E-state index contributed by atoms with van der Waals surface area (Å²) >= 11 is 1.59. The zero-order valence-electron chi connectivity index (χ0n) is 10.3. The summed E-state index contributed by atoms with van der Waals surface area (Å²) < 4.78 is 5.16. The monoisotopic (exact) mass is 255 g/mol. The van der Waals surface area contributed by atoms with Crippen molar-refractivity contribution in [3.63, 3.8) is 0 Å². The molecule has 0 saturated heterocycles. The van der Waals surface area contributed by atoms with Crippen LogP contribution >= 0.6 is 11.8 Å². The van der Waals surface area contributed by atoms with Gasteiger partial charge in [0.25, 0.3) is 0 Å². The SMILES string of the molecule is COc1cc(C)nc(CSC(C)CC(=O)O)c1. The van der Waals surface area contributed by atoms with Crippen LogP contribution in [0, 0.1) is 6.92 Å². The second-order valence-corrected chi connectivity index (χ2v) is 5.29. The summed E-state index contributed by atoms with van der Waals surface area (Å²) in [4.78, 5) is 14.9. The first kappa shape index (κ1) is 13.8. The third-order valence-corrected chi connectivity index (χ3v) is 3.39. The number of carboxylic acids is 1. The number of thioether (sulfide) groups is 1. The minimum Gasteiger partial charge on any atom is -0.497 e. The molecule has 0 aromatic carbocycles. The van der Waals surface area contributed by atoms with Crippen molar-refractivity contribution in [2.45, 2.75) is 31.3 Å². The van der Waals surface area contributed by atoms with Crippen LogP contribution in [-0.4, -0.2) is 28.4 Å². The molecule has 1 unspecified atom stereocenters. The van der Waals surface area contributed by atoms with E-state index in [1.54, 1.807) is 18.9 Å². The van der Waals surface area contributed by atoms with Crippen molar-refractivity contribution in [3.8, 4) is 5.75 Å². The van der Waals surface area contributed by atoms with Crippen molar-refractivity contribution in [2.75, 3.05) is 7.11 Å². The molecule has 1 aromatic rings. The molecule has 0 aliphatic rings. The third kappa shape index (κ3) is 5.08. The van der Waals surface area contributed by atoms with Gasteiger partial charge >= 0.3 is 5.97 Å². The van der Waals surface area contributed by atoms with Crippen molar-refractivity contribution >= 4 is 17.7 Å². The van der Waals surface area contributed by atoms with E-state index < -0.39 is 5.97 Å². The number of rotatable bonds is 6. The zero-order chi connectivity index (χ0) is 12.8. The minimum atomic E-state index is -0.764. The molecule has 4 nitrogen and oxygen atoms in total. The Hall–Kier alpha value is -1.23. The van der Waals surface area contributed by atoms with Gasteiger partial charge in [0.15, 0.2) is 0 Å². The van der Waals surface area contributed by atoms with E-state index in [0.717, 1.165) is 17.1 Å². The first-order chi connectivity index (χ1) is 8.01. The molecule has 17 heavy (non-hydrogen) atoms. The predicted octanol–water partition coefficient (Wildman–Crippen LogP) is 2.50. The van der Waals surface area contributed by atoms with Gasteiger partial charge < -0.3 is 9.84 Å². The van der Waals surface area contributed by atoms with E-state index in [4.69, 9.17) is 9.84 Å². The third-order valence-electron chi connectivity index (χ3n) is 2.19. The molecule has 0 radical (unpaired) electrons. The van der Waals surface area contributed by atoms with E-state index in [2.05, 4.69) is 4.98 Å². The van der Waals surface area contributed by atoms with Crippen LogP contribution in [0.2, 0.25) is 0 Å². The number of methoxy groups -OCH3 is 1. The van der Waals surface area contributed by atoms with E-state index in [-0.39, 0.29) is 11.7 Å². The number of aryl methyl sites for hydroxylation is 1. The van der Waals surface area contributed by atoms with Crippen molar-refractivity contribution in [3.05, 3.63) is 23.5 Å². The van der Waals surface area contributed by atoms with Gasteiger partial charge in [0.1, 0.15) is 5.75 Å². The van der Waals surface area contributed by atoms with Gasteiger partial charge in [-0.15, -0.1) is 0 Å². The number of nitrogens with zero attached hydrogens (tertiary/aromatic N) is 1. The Balaban J connectivity index is 2.56. The topological polar surface area (TPSA) is 59.4 Å². The Bertz CT molecular complexity index is 395. The highest BCUT2D eigenvalue weighted by Crippen LogP contribution is 2.22. The standard InChI is InChI=1S/C12H17NO3S/c1-8-4-11(16-3)6-10(13-8)7-17-9(2)5-12(14)15/h4,6,9H,5,7H2,1-3H3,(H,14,15). The average molecular weight is 255 g/mol. The van der Waals surface area contributed by atoms with Gasteiger partial charge in [-0.1, -0.05) is 6.92 Å². The molecular formula is C12H17NO3S. The lowest BCUT2D eigenvalue weighted by Gasteiger charge is -2.09. The second kappa shape index (κ2) is 6.49. The van der Waals surface area contributed by atoms with Crippen LogP contribution in [0.5, 0.6) is 5.75 Å². The van der Waals surface area contributed by atoms with Gasteiger partial charge in [0, 0.05) is 28.8 Å². The van der Waals surface area contributed by atoms with E-state index in [1.165, 1.54) is 0 Å². The molecular weight excluding hydrogens is 238 g/mol. The number of aromatic nitrogens is 1. The smallest absolute Gasteiger partial charge is 0.304 e. The fourth-order valence-electron chi connectivity index (χ4n) is 1.43. The first-order valence-corrected chi connectivity index (χ1v) is 6.41. The average Bonchev–Trinajstić information content (AvgIpc) is 2.24. The number of aliphatic carboxylic acids is 1. The van der Waals surface area contributed by atoms with Gasteiger partial charge in [0.05, 0.1) is 19.2 Å². The lowest BCUT2D eigenvalue weighted by atomic mass is 10.3. The van der Waals surface area contributed by atoms with Gasteiger partial charge in [-0.05, 0) is 6.92 Å². The number of hydrogen-bond acceptors (Lipinski definition) is 4. The normalized spacial score (nSPS) is 12.2. The highest BCUT2D eigenvalue weighted by Gasteiger charge is 2.09. The molecule has 0 aliphatic carbocycles. The Labute approximate surface area is 105 Å². The van der Waals surface area contributed by atoms with E-state index in [9.17, 15) is 4.79 Å². The van der Waals surface area contributed by atoms with Gasteiger partial charge in [0.2, 0.25) is 0 Å². The molecule has 94 valence electrons. The summed E-state index contributed by atoms with van der Waals surface area (Å²) in [6.45, 7) is 3.82. The van der Waals surface area contributed by atoms with Crippen LogP contribution in [0.1, 0.15) is 24.7 Å². The maximum absolute atomic E-state index is 10.5. The minimum absolute atomic E-state index is 0.0841. The highest BCUT2D eigenvalue weighted by atomic mass is 32.2. The number of carboxylic acid groups (broad SMARTS) is 1. The quantitative estimate of drug-likeness (QED) is 0.846. The number of hydrogen-bond donors (Lipinski definition) is 1. The highest BCUT2D eigenvalue weighted by molar-refractivity contribution is 7.99. The Morgan fingerprint density at radius 1 is 1.59 bits per heavy atom. The van der Waals surface area contributed by atoms with Crippen molar-refractivity contribution < 1.29 is 14.6 Å². The molecule has 1 heterocycles. The van der Waals surface area contributed by atoms with Crippen LogP contribution in [0.4, 0.5) is 0 Å². The Morgan fingerprint density at radius 2 is 2.29 bits per heavy atom. The molecule has 1 N–H and O–H groups in total. The fourth-order valence-corrected chi connectivity index (χ4v) is 2.29. The summed E-state index contributed by atoms with van der Waals surface area (Å²) in [5.74, 6) is 0.728. The molecule has 1 aromatic heterocycles. The summed E-state index contributed by atoms with van der Waals surface area (Å²) in [6, 6.07) is 3.75. The van der Waals surface area contributed by atoms with Crippen LogP contribution < -0.4 is 4.74 Å². The molecule has 1 atom stereocenters. The van der Waals surface area contributed by atoms with Gasteiger partial charge in [-0.3, -0.25) is 9.78 Å². The lowest BCUT2D eigenvalue weighted by molar-refractivity contribution is -0.136. The summed E-state index contributed by atoms with van der Waals surface area (Å²) in [7, 11) is 1.62. The molecule has 1 rings (SSSR count). The number of pyridine rings is 1. The molecule has 0 aliphatic heterocycles. The fraction of sp³-hybridized carbons (Fsp3) is 0.500. The molecule has 0 fully saturated rings. The lowest BCUT2D eigenvalue weighted by Crippen LogP contribution is -2.06. The van der Waals surface area contributed by atoms with Crippen LogP contribution in [0.25, 0.3) is 0 Å². The van der Waals surface area contributed by atoms with E-state index in [1.807, 2.05) is 26.0 Å². The molecule has 0 spiro atoms. The molecule has 5 heteroatoms. The first-order valence-electron chi connectivity index (χ1n) is 5.36. The van der Waals surface area contributed by atoms with Crippen molar-refractivity contribution in [1.82, 2.24) is 4.98 Å². The largest absolute Gasteiger partial charge is 0.497 e. The van der Waals surface area contributed by atoms with Gasteiger partial charge in [-0.2, -0.15) is 11.8 Å². The summed E-state index contributed by atoms with van der Waals surface area (Å²) in [6.07, 6.45) is 0.174. The summed E-state index contributed by atoms with van der Waals surface area (Å²) in [5, 5.41) is 8.74. The molecule has 0 saturated carbocycles. The molecule has 0 amide bonds. The number of carbonyl (C=O) groups is 1. The predicted molar refractivity (Wildman–Crippen MR) is 68.5 cm³/mol. The Kier molecular flexibility index (Phi) is 5.28. The maximum atomic E-state index is 10.5. The van der Waals surface area contributed by atoms with E-state index >= 15 is 0 Å². The van der Waals surface area contributed by atoms with Crippen LogP contribution in [-0.2, 0) is 10.5 Å².